The van der Waals surface area contributed by atoms with Gasteiger partial charge in [-0.2, -0.15) is 14.9 Å². The summed E-state index contributed by atoms with van der Waals surface area (Å²) in [6.45, 7) is 0. The summed E-state index contributed by atoms with van der Waals surface area (Å²) in [6.07, 6.45) is 1.65. The molecule has 3 aromatic rings. The van der Waals surface area contributed by atoms with Crippen molar-refractivity contribution in [3.8, 4) is 11.4 Å². The Labute approximate surface area is 135 Å². The molecule has 22 heavy (non-hydrogen) atoms. The SMILES string of the molecule is Fc1ccc(-c2n[nH]c(=S)n2/N=C\c2ccc(Cl)cc2)cc1. The van der Waals surface area contributed by atoms with Crippen LogP contribution in [0.4, 0.5) is 4.39 Å². The molecule has 1 N–H and O–H groups in total. The summed E-state index contributed by atoms with van der Waals surface area (Å²) >= 11 is 11.0. The number of nitrogens with zero attached hydrogens (tertiary/aromatic N) is 3. The van der Waals surface area contributed by atoms with Gasteiger partial charge in [-0.1, -0.05) is 23.7 Å². The van der Waals surface area contributed by atoms with Gasteiger partial charge in [0.1, 0.15) is 5.82 Å². The second kappa shape index (κ2) is 6.21. The lowest BCUT2D eigenvalue weighted by molar-refractivity contribution is 0.628. The Hall–Kier alpha value is -2.31. The first-order valence-corrected chi connectivity index (χ1v) is 7.15. The molecule has 0 saturated heterocycles. The van der Waals surface area contributed by atoms with E-state index in [4.69, 9.17) is 23.8 Å². The number of benzene rings is 2. The smallest absolute Gasteiger partial charge is 0.216 e. The molecule has 110 valence electrons. The van der Waals surface area contributed by atoms with Crippen molar-refractivity contribution >= 4 is 30.0 Å². The standard InChI is InChI=1S/C15H10ClFN4S/c16-12-5-1-10(2-6-12)9-18-21-14(19-20-15(21)22)11-3-7-13(17)8-4-11/h1-9H,(H,20,22)/b18-9-. The van der Waals surface area contributed by atoms with E-state index >= 15 is 0 Å². The predicted octanol–water partition coefficient (Wildman–Crippen LogP) is 4.28. The third kappa shape index (κ3) is 3.13. The van der Waals surface area contributed by atoms with Crippen LogP contribution in [0.15, 0.2) is 53.6 Å². The predicted molar refractivity (Wildman–Crippen MR) is 87.2 cm³/mol. The van der Waals surface area contributed by atoms with Gasteiger partial charge in [0.05, 0.1) is 6.21 Å². The van der Waals surface area contributed by atoms with Gasteiger partial charge in [-0.25, -0.2) is 9.49 Å². The summed E-state index contributed by atoms with van der Waals surface area (Å²) < 4.78 is 14.8. The monoisotopic (exact) mass is 332 g/mol. The average molecular weight is 333 g/mol. The number of halogens is 2. The molecule has 0 amide bonds. The zero-order valence-electron chi connectivity index (χ0n) is 11.2. The highest BCUT2D eigenvalue weighted by Gasteiger charge is 2.07. The summed E-state index contributed by atoms with van der Waals surface area (Å²) in [5.41, 5.74) is 1.58. The quantitative estimate of drug-likeness (QED) is 0.574. The molecule has 0 fully saturated rings. The minimum absolute atomic E-state index is 0.311. The van der Waals surface area contributed by atoms with E-state index in [1.165, 1.54) is 16.8 Å². The maximum atomic E-state index is 13.0. The Morgan fingerprint density at radius 1 is 1.14 bits per heavy atom. The second-order valence-corrected chi connectivity index (χ2v) is 5.29. The molecule has 1 heterocycles. The zero-order valence-corrected chi connectivity index (χ0v) is 12.8. The summed E-state index contributed by atoms with van der Waals surface area (Å²) in [6, 6.07) is 13.2. The molecule has 0 aliphatic heterocycles. The molecular formula is C15H10ClFN4S. The molecule has 0 bridgehead atoms. The van der Waals surface area contributed by atoms with Gasteiger partial charge in [-0.05, 0) is 54.2 Å². The molecule has 0 atom stereocenters. The van der Waals surface area contributed by atoms with Crippen molar-refractivity contribution in [3.63, 3.8) is 0 Å². The van der Waals surface area contributed by atoms with E-state index < -0.39 is 0 Å². The number of H-pyrrole nitrogens is 1. The van der Waals surface area contributed by atoms with E-state index in [1.54, 1.807) is 30.5 Å². The number of aromatic nitrogens is 3. The zero-order chi connectivity index (χ0) is 15.5. The van der Waals surface area contributed by atoms with Gasteiger partial charge in [-0.3, -0.25) is 0 Å². The highest BCUT2D eigenvalue weighted by atomic mass is 35.5. The lowest BCUT2D eigenvalue weighted by Gasteiger charge is -2.01. The van der Waals surface area contributed by atoms with Crippen molar-refractivity contribution in [1.82, 2.24) is 14.9 Å². The number of nitrogens with one attached hydrogen (secondary N) is 1. The van der Waals surface area contributed by atoms with Crippen LogP contribution in [0.2, 0.25) is 5.02 Å². The maximum absolute atomic E-state index is 13.0. The minimum Gasteiger partial charge on any atom is -0.250 e. The van der Waals surface area contributed by atoms with Crippen LogP contribution in [-0.4, -0.2) is 21.1 Å². The lowest BCUT2D eigenvalue weighted by Crippen LogP contribution is -1.95. The molecule has 1 aromatic heterocycles. The summed E-state index contributed by atoms with van der Waals surface area (Å²) in [5.74, 6) is 0.198. The Balaban J connectivity index is 1.97. The molecule has 0 spiro atoms. The van der Waals surface area contributed by atoms with Gasteiger partial charge >= 0.3 is 0 Å². The number of aromatic amines is 1. The molecule has 7 heteroatoms. The van der Waals surface area contributed by atoms with Crippen LogP contribution in [0.1, 0.15) is 5.56 Å². The van der Waals surface area contributed by atoms with Crippen LogP contribution < -0.4 is 0 Å². The first-order valence-electron chi connectivity index (χ1n) is 6.37. The van der Waals surface area contributed by atoms with Crippen molar-refractivity contribution in [2.75, 3.05) is 0 Å². The summed E-state index contributed by atoms with van der Waals surface area (Å²) in [5, 5.41) is 11.8. The van der Waals surface area contributed by atoms with Crippen molar-refractivity contribution in [1.29, 1.82) is 0 Å². The molecular weight excluding hydrogens is 323 g/mol. The average Bonchev–Trinajstić information content (AvgIpc) is 2.89. The van der Waals surface area contributed by atoms with Gasteiger partial charge in [0, 0.05) is 10.6 Å². The van der Waals surface area contributed by atoms with Crippen molar-refractivity contribution in [2.24, 2.45) is 5.10 Å². The Morgan fingerprint density at radius 3 is 2.50 bits per heavy atom. The second-order valence-electron chi connectivity index (χ2n) is 4.47. The number of hydrogen-bond acceptors (Lipinski definition) is 3. The van der Waals surface area contributed by atoms with Crippen LogP contribution in [0.5, 0.6) is 0 Å². The first-order chi connectivity index (χ1) is 10.6. The summed E-state index contributed by atoms with van der Waals surface area (Å²) in [7, 11) is 0. The van der Waals surface area contributed by atoms with Crippen LogP contribution in [0.3, 0.4) is 0 Å². The molecule has 0 aliphatic carbocycles. The molecule has 0 radical (unpaired) electrons. The topological polar surface area (TPSA) is 46.0 Å². The number of hydrogen-bond donors (Lipinski definition) is 1. The fourth-order valence-corrected chi connectivity index (χ4v) is 2.16. The largest absolute Gasteiger partial charge is 0.250 e. The number of rotatable bonds is 3. The third-order valence-corrected chi connectivity index (χ3v) is 3.46. The molecule has 4 nitrogen and oxygen atoms in total. The molecule has 0 saturated carbocycles. The molecule has 0 aliphatic rings. The van der Waals surface area contributed by atoms with Crippen LogP contribution in [0.25, 0.3) is 11.4 Å². The highest BCUT2D eigenvalue weighted by molar-refractivity contribution is 7.71. The Bertz CT molecular complexity index is 866. The van der Waals surface area contributed by atoms with Crippen LogP contribution in [-0.2, 0) is 0 Å². The van der Waals surface area contributed by atoms with Gasteiger partial charge in [0.25, 0.3) is 0 Å². The Kier molecular flexibility index (Phi) is 4.13. The maximum Gasteiger partial charge on any atom is 0.216 e. The van der Waals surface area contributed by atoms with Crippen molar-refractivity contribution < 1.29 is 4.39 Å². The van der Waals surface area contributed by atoms with E-state index in [9.17, 15) is 4.39 Å². The molecule has 3 rings (SSSR count). The van der Waals surface area contributed by atoms with Crippen molar-refractivity contribution in [2.45, 2.75) is 0 Å². The van der Waals surface area contributed by atoms with Crippen molar-refractivity contribution in [3.05, 3.63) is 69.7 Å². The van der Waals surface area contributed by atoms with Gasteiger partial charge in [0.2, 0.25) is 4.77 Å². The highest BCUT2D eigenvalue weighted by Crippen LogP contribution is 2.17. The van der Waals surface area contributed by atoms with E-state index in [2.05, 4.69) is 15.3 Å². The molecule has 0 unspecified atom stereocenters. The first kappa shape index (κ1) is 14.6. The minimum atomic E-state index is -0.311. The van der Waals surface area contributed by atoms with E-state index in [0.29, 0.717) is 21.2 Å². The van der Waals surface area contributed by atoms with Gasteiger partial charge in [-0.15, -0.1) is 0 Å². The van der Waals surface area contributed by atoms with E-state index in [0.717, 1.165) is 5.56 Å². The summed E-state index contributed by atoms with van der Waals surface area (Å²) in [4.78, 5) is 0. The normalized spacial score (nSPS) is 11.2. The fraction of sp³-hybridized carbons (Fsp3) is 0. The third-order valence-electron chi connectivity index (χ3n) is 2.95. The van der Waals surface area contributed by atoms with Crippen LogP contribution >= 0.6 is 23.8 Å². The van der Waals surface area contributed by atoms with Gasteiger partial charge < -0.3 is 0 Å². The lowest BCUT2D eigenvalue weighted by atomic mass is 10.2. The van der Waals surface area contributed by atoms with E-state index in [-0.39, 0.29) is 5.82 Å². The van der Waals surface area contributed by atoms with E-state index in [1.807, 2.05) is 12.1 Å². The fourth-order valence-electron chi connectivity index (χ4n) is 1.86. The molecule has 2 aromatic carbocycles. The van der Waals surface area contributed by atoms with Crippen LogP contribution in [0, 0.1) is 10.6 Å². The Morgan fingerprint density at radius 2 is 1.82 bits per heavy atom. The van der Waals surface area contributed by atoms with Gasteiger partial charge in [0.15, 0.2) is 5.82 Å².